The highest BCUT2D eigenvalue weighted by molar-refractivity contribution is 7.89. The first kappa shape index (κ1) is 16.1. The third-order valence-electron chi connectivity index (χ3n) is 2.82. The van der Waals surface area contributed by atoms with Crippen molar-refractivity contribution in [3.63, 3.8) is 0 Å². The number of halogens is 2. The average molecular weight is 346 g/mol. The molecule has 0 saturated carbocycles. The molecular formula is C14H13Cl2NO3S. The monoisotopic (exact) mass is 345 g/mol. The van der Waals surface area contributed by atoms with Crippen LogP contribution in [-0.2, 0) is 16.6 Å². The number of aryl methyl sites for hydroxylation is 1. The molecule has 0 aliphatic heterocycles. The summed E-state index contributed by atoms with van der Waals surface area (Å²) in [5.41, 5.74) is 1.87. The number of hydrogen-bond donors (Lipinski definition) is 1. The van der Waals surface area contributed by atoms with Gasteiger partial charge in [0, 0.05) is 10.6 Å². The zero-order valence-electron chi connectivity index (χ0n) is 11.1. The lowest BCUT2D eigenvalue weighted by molar-refractivity contribution is 0.306. The predicted octanol–water partition coefficient (Wildman–Crippen LogP) is 3.53. The van der Waals surface area contributed by atoms with Crippen LogP contribution in [0.15, 0.2) is 41.3 Å². The van der Waals surface area contributed by atoms with Crippen molar-refractivity contribution in [1.82, 2.24) is 0 Å². The predicted molar refractivity (Wildman–Crippen MR) is 83.3 cm³/mol. The number of sulfonamides is 1. The molecule has 0 radical (unpaired) electrons. The van der Waals surface area contributed by atoms with Gasteiger partial charge in [0.25, 0.3) is 0 Å². The summed E-state index contributed by atoms with van der Waals surface area (Å²) in [5, 5.41) is 5.81. The van der Waals surface area contributed by atoms with Crippen LogP contribution in [0.1, 0.15) is 11.1 Å². The number of benzene rings is 2. The number of ether oxygens (including phenoxy) is 1. The Morgan fingerprint density at radius 1 is 1.10 bits per heavy atom. The van der Waals surface area contributed by atoms with Gasteiger partial charge in [0.05, 0.1) is 9.92 Å². The molecule has 0 amide bonds. The second-order valence-electron chi connectivity index (χ2n) is 4.52. The minimum absolute atomic E-state index is 0.0618. The van der Waals surface area contributed by atoms with Gasteiger partial charge in [-0.1, -0.05) is 35.3 Å². The Kier molecular flexibility index (Phi) is 4.78. The Morgan fingerprint density at radius 2 is 1.81 bits per heavy atom. The Balaban J connectivity index is 2.17. The van der Waals surface area contributed by atoms with E-state index in [-0.39, 0.29) is 16.5 Å². The molecule has 0 aliphatic rings. The maximum Gasteiger partial charge on any atom is 0.238 e. The Hall–Kier alpha value is -1.27. The van der Waals surface area contributed by atoms with Gasteiger partial charge in [-0.25, -0.2) is 13.6 Å². The minimum atomic E-state index is -3.78. The van der Waals surface area contributed by atoms with E-state index in [0.717, 1.165) is 11.1 Å². The van der Waals surface area contributed by atoms with Crippen molar-refractivity contribution in [2.75, 3.05) is 0 Å². The fraction of sp³-hybridized carbons (Fsp3) is 0.143. The van der Waals surface area contributed by atoms with Crippen LogP contribution in [0.4, 0.5) is 0 Å². The molecule has 0 aromatic heterocycles. The molecule has 2 rings (SSSR count). The summed E-state index contributed by atoms with van der Waals surface area (Å²) < 4.78 is 28.0. The molecule has 112 valence electrons. The van der Waals surface area contributed by atoms with Crippen molar-refractivity contribution in [2.24, 2.45) is 5.14 Å². The third-order valence-corrected chi connectivity index (χ3v) is 4.38. The normalized spacial score (nSPS) is 11.4. The van der Waals surface area contributed by atoms with Crippen molar-refractivity contribution in [2.45, 2.75) is 18.4 Å². The summed E-state index contributed by atoms with van der Waals surface area (Å²) >= 11 is 12.1. The molecule has 0 heterocycles. The van der Waals surface area contributed by atoms with Gasteiger partial charge in [-0.3, -0.25) is 0 Å². The van der Waals surface area contributed by atoms with Crippen LogP contribution in [0.5, 0.6) is 5.75 Å². The molecule has 0 spiro atoms. The van der Waals surface area contributed by atoms with E-state index in [0.29, 0.717) is 10.8 Å². The number of primary sulfonamides is 1. The summed E-state index contributed by atoms with van der Waals surface area (Å²) in [6, 6.07) is 9.69. The van der Waals surface area contributed by atoms with E-state index >= 15 is 0 Å². The molecule has 0 atom stereocenters. The highest BCUT2D eigenvalue weighted by Crippen LogP contribution is 2.28. The molecule has 21 heavy (non-hydrogen) atoms. The molecular weight excluding hydrogens is 333 g/mol. The minimum Gasteiger partial charge on any atom is -0.487 e. The molecule has 0 bridgehead atoms. The van der Waals surface area contributed by atoms with Crippen LogP contribution < -0.4 is 9.88 Å². The number of rotatable bonds is 4. The Bertz CT molecular complexity index is 776. The van der Waals surface area contributed by atoms with E-state index in [1.165, 1.54) is 18.2 Å². The third kappa shape index (κ3) is 4.11. The first-order valence-electron chi connectivity index (χ1n) is 5.97. The molecule has 0 aliphatic carbocycles. The van der Waals surface area contributed by atoms with Gasteiger partial charge in [0.2, 0.25) is 10.0 Å². The molecule has 7 heteroatoms. The Labute approximate surface area is 133 Å². The van der Waals surface area contributed by atoms with Gasteiger partial charge in [-0.15, -0.1) is 0 Å². The summed E-state index contributed by atoms with van der Waals surface area (Å²) in [6.45, 7) is 2.17. The molecule has 2 aromatic rings. The summed E-state index contributed by atoms with van der Waals surface area (Å²) in [7, 11) is -3.78. The molecule has 2 N–H and O–H groups in total. The van der Waals surface area contributed by atoms with Crippen LogP contribution in [0, 0.1) is 6.92 Å². The second-order valence-corrected chi connectivity index (χ2v) is 6.90. The zero-order chi connectivity index (χ0) is 15.6. The highest BCUT2D eigenvalue weighted by Gasteiger charge is 2.11. The van der Waals surface area contributed by atoms with Crippen molar-refractivity contribution in [3.05, 3.63) is 57.6 Å². The van der Waals surface area contributed by atoms with Crippen LogP contribution in [-0.4, -0.2) is 8.42 Å². The van der Waals surface area contributed by atoms with Crippen molar-refractivity contribution < 1.29 is 13.2 Å². The van der Waals surface area contributed by atoms with E-state index in [1.807, 2.05) is 25.1 Å². The quantitative estimate of drug-likeness (QED) is 0.921. The molecule has 0 unspecified atom stereocenters. The lowest BCUT2D eigenvalue weighted by atomic mass is 10.2. The van der Waals surface area contributed by atoms with Gasteiger partial charge in [-0.05, 0) is 36.8 Å². The van der Waals surface area contributed by atoms with Crippen molar-refractivity contribution >= 4 is 33.2 Å². The standard InChI is InChI=1S/C14H13Cl2NO3S/c1-9-2-3-10(12(15)6-9)8-20-14-5-4-11(7-13(14)16)21(17,18)19/h2-7H,8H2,1H3,(H2,17,18,19). The summed E-state index contributed by atoms with van der Waals surface area (Å²) in [6.07, 6.45) is 0. The highest BCUT2D eigenvalue weighted by atomic mass is 35.5. The number of hydrogen-bond acceptors (Lipinski definition) is 3. The fourth-order valence-electron chi connectivity index (χ4n) is 1.70. The van der Waals surface area contributed by atoms with E-state index in [9.17, 15) is 8.42 Å². The van der Waals surface area contributed by atoms with Gasteiger partial charge in [-0.2, -0.15) is 0 Å². The molecule has 4 nitrogen and oxygen atoms in total. The van der Waals surface area contributed by atoms with E-state index in [4.69, 9.17) is 33.1 Å². The van der Waals surface area contributed by atoms with Gasteiger partial charge >= 0.3 is 0 Å². The molecule has 0 fully saturated rings. The fourth-order valence-corrected chi connectivity index (χ4v) is 2.83. The van der Waals surface area contributed by atoms with E-state index in [1.54, 1.807) is 0 Å². The lowest BCUT2D eigenvalue weighted by Crippen LogP contribution is -2.12. The molecule has 2 aromatic carbocycles. The Morgan fingerprint density at radius 3 is 2.38 bits per heavy atom. The van der Waals surface area contributed by atoms with Crippen LogP contribution in [0.3, 0.4) is 0 Å². The van der Waals surface area contributed by atoms with Crippen molar-refractivity contribution in [1.29, 1.82) is 0 Å². The summed E-state index contributed by atoms with van der Waals surface area (Å²) in [5.74, 6) is 0.362. The average Bonchev–Trinajstić information content (AvgIpc) is 2.38. The zero-order valence-corrected chi connectivity index (χ0v) is 13.5. The lowest BCUT2D eigenvalue weighted by Gasteiger charge is -2.10. The van der Waals surface area contributed by atoms with Crippen LogP contribution in [0.2, 0.25) is 10.0 Å². The van der Waals surface area contributed by atoms with E-state index in [2.05, 4.69) is 0 Å². The molecule has 0 saturated heterocycles. The second kappa shape index (κ2) is 6.23. The topological polar surface area (TPSA) is 69.4 Å². The maximum atomic E-state index is 11.2. The van der Waals surface area contributed by atoms with Crippen molar-refractivity contribution in [3.8, 4) is 5.75 Å². The maximum absolute atomic E-state index is 11.2. The van der Waals surface area contributed by atoms with E-state index < -0.39 is 10.0 Å². The largest absolute Gasteiger partial charge is 0.487 e. The van der Waals surface area contributed by atoms with Crippen LogP contribution in [0.25, 0.3) is 0 Å². The first-order chi connectivity index (χ1) is 9.77. The summed E-state index contributed by atoms with van der Waals surface area (Å²) in [4.78, 5) is -0.0618. The number of nitrogens with two attached hydrogens (primary N) is 1. The van der Waals surface area contributed by atoms with Gasteiger partial charge in [0.1, 0.15) is 12.4 Å². The van der Waals surface area contributed by atoms with Gasteiger partial charge < -0.3 is 4.74 Å². The van der Waals surface area contributed by atoms with Crippen LogP contribution >= 0.6 is 23.2 Å². The van der Waals surface area contributed by atoms with Gasteiger partial charge in [0.15, 0.2) is 0 Å². The smallest absolute Gasteiger partial charge is 0.238 e. The SMILES string of the molecule is Cc1ccc(COc2ccc(S(N)(=O)=O)cc2Cl)c(Cl)c1. The first-order valence-corrected chi connectivity index (χ1v) is 8.28.